The van der Waals surface area contributed by atoms with Crippen LogP contribution in [0.3, 0.4) is 0 Å². The predicted molar refractivity (Wildman–Crippen MR) is 103 cm³/mol. The second-order valence-electron chi connectivity index (χ2n) is 4.49. The van der Waals surface area contributed by atoms with E-state index in [-0.39, 0.29) is 6.61 Å². The van der Waals surface area contributed by atoms with Gasteiger partial charge in [0.2, 0.25) is 0 Å². The summed E-state index contributed by atoms with van der Waals surface area (Å²) in [7, 11) is 1.33. The fraction of sp³-hybridized carbons (Fsp3) is 0.125. The number of hydrogen-bond acceptors (Lipinski definition) is 4. The minimum absolute atomic E-state index is 0.195. The number of esters is 1. The van der Waals surface area contributed by atoms with Gasteiger partial charge in [0, 0.05) is 7.14 Å². The van der Waals surface area contributed by atoms with Crippen molar-refractivity contribution < 1.29 is 19.1 Å². The summed E-state index contributed by atoms with van der Waals surface area (Å²) in [4.78, 5) is 23.5. The van der Waals surface area contributed by atoms with Crippen molar-refractivity contribution >= 4 is 62.9 Å². The summed E-state index contributed by atoms with van der Waals surface area (Å²) in [6.07, 6.45) is -0.546. The molecular formula is C16H13I2NO4. The van der Waals surface area contributed by atoms with Crippen molar-refractivity contribution in [2.24, 2.45) is 0 Å². The SMILES string of the molecule is COC(=O)c1cc(I)c(NC(=O)OCc2ccccc2)c(I)c1. The first kappa shape index (κ1) is 18.0. The molecule has 7 heteroatoms. The molecule has 1 amide bonds. The summed E-state index contributed by atoms with van der Waals surface area (Å²) in [5, 5.41) is 2.70. The highest BCUT2D eigenvalue weighted by Crippen LogP contribution is 2.27. The number of carbonyl (C=O) groups excluding carboxylic acids is 2. The molecule has 0 aromatic heterocycles. The maximum atomic E-state index is 11.9. The third-order valence-corrected chi connectivity index (χ3v) is 4.60. The average Bonchev–Trinajstić information content (AvgIpc) is 2.56. The van der Waals surface area contributed by atoms with Crippen molar-refractivity contribution in [3.8, 4) is 0 Å². The van der Waals surface area contributed by atoms with Crippen molar-refractivity contribution in [1.29, 1.82) is 0 Å². The Kier molecular flexibility index (Phi) is 6.63. The summed E-state index contributed by atoms with van der Waals surface area (Å²) < 4.78 is 11.3. The summed E-state index contributed by atoms with van der Waals surface area (Å²) in [5.74, 6) is -0.418. The van der Waals surface area contributed by atoms with Gasteiger partial charge in [-0.3, -0.25) is 5.32 Å². The quantitative estimate of drug-likeness (QED) is 0.464. The van der Waals surface area contributed by atoms with Gasteiger partial charge >= 0.3 is 12.1 Å². The fourth-order valence-corrected chi connectivity index (χ4v) is 3.83. The first-order valence-corrected chi connectivity index (χ1v) is 8.72. The highest BCUT2D eigenvalue weighted by molar-refractivity contribution is 14.1. The lowest BCUT2D eigenvalue weighted by molar-refractivity contribution is 0.0600. The van der Waals surface area contributed by atoms with Gasteiger partial charge in [0.25, 0.3) is 0 Å². The number of rotatable bonds is 4. The lowest BCUT2D eigenvalue weighted by Gasteiger charge is -2.12. The minimum atomic E-state index is -0.546. The predicted octanol–water partition coefficient (Wildman–Crippen LogP) is 4.43. The lowest BCUT2D eigenvalue weighted by Crippen LogP contribution is -2.16. The van der Waals surface area contributed by atoms with E-state index in [0.717, 1.165) is 12.7 Å². The van der Waals surface area contributed by atoms with Crippen molar-refractivity contribution in [1.82, 2.24) is 0 Å². The number of nitrogens with one attached hydrogen (secondary N) is 1. The van der Waals surface area contributed by atoms with Gasteiger partial charge in [-0.05, 0) is 62.9 Å². The van der Waals surface area contributed by atoms with E-state index in [0.29, 0.717) is 11.3 Å². The van der Waals surface area contributed by atoms with E-state index in [2.05, 4.69) is 50.5 Å². The molecule has 0 aliphatic heterocycles. The van der Waals surface area contributed by atoms with Crippen molar-refractivity contribution in [3.05, 3.63) is 60.7 Å². The van der Waals surface area contributed by atoms with Crippen molar-refractivity contribution in [2.75, 3.05) is 12.4 Å². The van der Waals surface area contributed by atoms with E-state index in [4.69, 9.17) is 9.47 Å². The Labute approximate surface area is 161 Å². The molecule has 1 N–H and O–H groups in total. The Morgan fingerprint density at radius 1 is 1.09 bits per heavy atom. The monoisotopic (exact) mass is 537 g/mol. The molecule has 0 radical (unpaired) electrons. The molecule has 2 aromatic carbocycles. The normalized spacial score (nSPS) is 10.0. The topological polar surface area (TPSA) is 64.6 Å². The molecule has 0 bridgehead atoms. The number of benzene rings is 2. The Balaban J connectivity index is 2.04. The second-order valence-corrected chi connectivity index (χ2v) is 6.82. The second kappa shape index (κ2) is 8.48. The molecule has 0 aliphatic rings. The number of ether oxygens (including phenoxy) is 2. The van der Waals surface area contributed by atoms with Gasteiger partial charge in [0.1, 0.15) is 6.61 Å². The first-order valence-electron chi connectivity index (χ1n) is 6.56. The van der Waals surface area contributed by atoms with Gasteiger partial charge in [0.05, 0.1) is 18.4 Å². The summed E-state index contributed by atoms with van der Waals surface area (Å²) >= 11 is 4.10. The number of halogens is 2. The van der Waals surface area contributed by atoms with Crippen LogP contribution in [0, 0.1) is 7.14 Å². The summed E-state index contributed by atoms with van der Waals surface area (Å²) in [6, 6.07) is 12.7. The molecule has 23 heavy (non-hydrogen) atoms. The average molecular weight is 537 g/mol. The molecule has 0 fully saturated rings. The largest absolute Gasteiger partial charge is 0.465 e. The van der Waals surface area contributed by atoms with Gasteiger partial charge in [-0.1, -0.05) is 30.3 Å². The van der Waals surface area contributed by atoms with Gasteiger partial charge in [-0.25, -0.2) is 9.59 Å². The number of amides is 1. The summed E-state index contributed by atoms with van der Waals surface area (Å²) in [6.45, 7) is 0.195. The number of methoxy groups -OCH3 is 1. The molecule has 0 atom stereocenters. The lowest BCUT2D eigenvalue weighted by atomic mass is 10.2. The van der Waals surface area contributed by atoms with E-state index in [1.165, 1.54) is 7.11 Å². The van der Waals surface area contributed by atoms with Gasteiger partial charge in [0.15, 0.2) is 0 Å². The van der Waals surface area contributed by atoms with Gasteiger partial charge in [-0.15, -0.1) is 0 Å². The zero-order valence-corrected chi connectivity index (χ0v) is 16.5. The van der Waals surface area contributed by atoms with Crippen LogP contribution in [-0.2, 0) is 16.1 Å². The highest BCUT2D eigenvalue weighted by Gasteiger charge is 2.15. The van der Waals surface area contributed by atoms with Crippen LogP contribution in [0.25, 0.3) is 0 Å². The molecule has 0 heterocycles. The summed E-state index contributed by atoms with van der Waals surface area (Å²) in [5.41, 5.74) is 1.95. The van der Waals surface area contributed by atoms with Crippen LogP contribution in [0.1, 0.15) is 15.9 Å². The van der Waals surface area contributed by atoms with E-state index < -0.39 is 12.1 Å². The van der Waals surface area contributed by atoms with E-state index in [9.17, 15) is 9.59 Å². The number of hydrogen-bond donors (Lipinski definition) is 1. The van der Waals surface area contributed by atoms with E-state index in [1.807, 2.05) is 30.3 Å². The van der Waals surface area contributed by atoms with Crippen LogP contribution in [0.4, 0.5) is 10.5 Å². The van der Waals surface area contributed by atoms with E-state index >= 15 is 0 Å². The van der Waals surface area contributed by atoms with Crippen LogP contribution in [0.15, 0.2) is 42.5 Å². The minimum Gasteiger partial charge on any atom is -0.465 e. The van der Waals surface area contributed by atoms with Crippen LogP contribution < -0.4 is 5.32 Å². The molecule has 0 spiro atoms. The molecule has 2 aromatic rings. The smallest absolute Gasteiger partial charge is 0.412 e. The van der Waals surface area contributed by atoms with Gasteiger partial charge in [-0.2, -0.15) is 0 Å². The van der Waals surface area contributed by atoms with Crippen molar-refractivity contribution in [3.63, 3.8) is 0 Å². The van der Waals surface area contributed by atoms with Crippen LogP contribution >= 0.6 is 45.2 Å². The molecule has 0 saturated carbocycles. The molecule has 0 saturated heterocycles. The Morgan fingerprint density at radius 3 is 2.26 bits per heavy atom. The highest BCUT2D eigenvalue weighted by atomic mass is 127. The van der Waals surface area contributed by atoms with Crippen LogP contribution in [0.5, 0.6) is 0 Å². The molecule has 5 nitrogen and oxygen atoms in total. The van der Waals surface area contributed by atoms with E-state index in [1.54, 1.807) is 12.1 Å². The van der Waals surface area contributed by atoms with Crippen LogP contribution in [0.2, 0.25) is 0 Å². The molecule has 2 rings (SSSR count). The molecular weight excluding hydrogens is 524 g/mol. The number of carbonyl (C=O) groups is 2. The fourth-order valence-electron chi connectivity index (χ4n) is 1.79. The molecule has 0 aliphatic carbocycles. The standard InChI is InChI=1S/C16H13I2NO4/c1-22-15(20)11-7-12(17)14(13(18)8-11)19-16(21)23-9-10-5-3-2-4-6-10/h2-8H,9H2,1H3,(H,19,21). The Hall–Kier alpha value is -1.36. The maximum Gasteiger partial charge on any atom is 0.412 e. The zero-order valence-electron chi connectivity index (χ0n) is 12.1. The Morgan fingerprint density at radius 2 is 1.70 bits per heavy atom. The molecule has 120 valence electrons. The van der Waals surface area contributed by atoms with Gasteiger partial charge < -0.3 is 9.47 Å². The third-order valence-electron chi connectivity index (χ3n) is 2.90. The number of anilines is 1. The zero-order chi connectivity index (χ0) is 16.8. The third kappa shape index (κ3) is 5.06. The van der Waals surface area contributed by atoms with Crippen molar-refractivity contribution in [2.45, 2.75) is 6.61 Å². The molecule has 0 unspecified atom stereocenters. The van der Waals surface area contributed by atoms with Crippen LogP contribution in [-0.4, -0.2) is 19.2 Å². The Bertz CT molecular complexity index is 696. The maximum absolute atomic E-state index is 11.9. The first-order chi connectivity index (χ1) is 11.0.